The second-order valence-electron chi connectivity index (χ2n) is 6.70. The fourth-order valence-electron chi connectivity index (χ4n) is 3.52. The number of methoxy groups -OCH3 is 1. The standard InChI is InChI=1S/C21H16ClNO5/c1-10-8-15-13(9-14(10)22)18(24)16-17(23(2)20(25)19(16)28-15)11-4-6-12(7-5-11)21(26)27-3/h4-9,17H,1-3H3. The average Bonchev–Trinajstić information content (AvgIpc) is 2.94. The Balaban J connectivity index is 1.92. The molecule has 142 valence electrons. The van der Waals surface area contributed by atoms with Gasteiger partial charge in [0, 0.05) is 12.1 Å². The van der Waals surface area contributed by atoms with Gasteiger partial charge >= 0.3 is 5.97 Å². The van der Waals surface area contributed by atoms with E-state index in [1.807, 2.05) is 0 Å². The van der Waals surface area contributed by atoms with Gasteiger partial charge < -0.3 is 14.1 Å². The van der Waals surface area contributed by atoms with Crippen molar-refractivity contribution in [3.63, 3.8) is 0 Å². The van der Waals surface area contributed by atoms with E-state index in [0.717, 1.165) is 5.56 Å². The van der Waals surface area contributed by atoms with Gasteiger partial charge in [0.2, 0.25) is 5.76 Å². The van der Waals surface area contributed by atoms with Crippen molar-refractivity contribution >= 4 is 34.4 Å². The van der Waals surface area contributed by atoms with Crippen LogP contribution in [0.25, 0.3) is 11.0 Å². The van der Waals surface area contributed by atoms with Gasteiger partial charge in [-0.05, 0) is 42.3 Å². The van der Waals surface area contributed by atoms with Gasteiger partial charge in [0.05, 0.1) is 29.7 Å². The number of carbonyl (C=O) groups excluding carboxylic acids is 2. The Hall–Kier alpha value is -3.12. The molecule has 2 aromatic carbocycles. The van der Waals surface area contributed by atoms with Crippen LogP contribution in [0.2, 0.25) is 5.02 Å². The topological polar surface area (TPSA) is 76.8 Å². The van der Waals surface area contributed by atoms with Gasteiger partial charge in [0.15, 0.2) is 5.43 Å². The number of hydrogen-bond donors (Lipinski definition) is 0. The Morgan fingerprint density at radius 1 is 1.18 bits per heavy atom. The third-order valence-corrected chi connectivity index (χ3v) is 5.44. The minimum absolute atomic E-state index is 0.0313. The molecule has 1 amide bonds. The number of halogens is 1. The molecule has 1 aliphatic rings. The van der Waals surface area contributed by atoms with E-state index in [1.165, 1.54) is 12.0 Å². The molecular weight excluding hydrogens is 382 g/mol. The Morgan fingerprint density at radius 3 is 2.50 bits per heavy atom. The van der Waals surface area contributed by atoms with Gasteiger partial charge in [-0.1, -0.05) is 23.7 Å². The Kier molecular flexibility index (Phi) is 4.23. The van der Waals surface area contributed by atoms with Crippen LogP contribution in [-0.2, 0) is 4.74 Å². The van der Waals surface area contributed by atoms with Crippen molar-refractivity contribution in [2.24, 2.45) is 0 Å². The number of carbonyl (C=O) groups is 2. The summed E-state index contributed by atoms with van der Waals surface area (Å²) in [4.78, 5) is 39.1. The molecule has 0 spiro atoms. The Morgan fingerprint density at radius 2 is 1.86 bits per heavy atom. The minimum atomic E-state index is -0.616. The van der Waals surface area contributed by atoms with Gasteiger partial charge in [0.1, 0.15) is 5.58 Å². The van der Waals surface area contributed by atoms with Crippen molar-refractivity contribution in [2.75, 3.05) is 14.2 Å². The predicted octanol–water partition coefficient (Wildman–Crippen LogP) is 3.72. The molecule has 1 aromatic heterocycles. The SMILES string of the molecule is COC(=O)c1ccc(C2c3c(oc4cc(C)c(Cl)cc4c3=O)C(=O)N2C)cc1. The highest BCUT2D eigenvalue weighted by Gasteiger charge is 2.40. The van der Waals surface area contributed by atoms with Crippen LogP contribution in [0.15, 0.2) is 45.6 Å². The van der Waals surface area contributed by atoms with E-state index in [9.17, 15) is 14.4 Å². The predicted molar refractivity (Wildman–Crippen MR) is 104 cm³/mol. The third-order valence-electron chi connectivity index (χ3n) is 5.03. The zero-order valence-electron chi connectivity index (χ0n) is 15.4. The van der Waals surface area contributed by atoms with Crippen molar-refractivity contribution in [1.82, 2.24) is 4.90 Å². The first-order chi connectivity index (χ1) is 13.3. The van der Waals surface area contributed by atoms with Crippen LogP contribution in [0.5, 0.6) is 0 Å². The van der Waals surface area contributed by atoms with Gasteiger partial charge in [-0.3, -0.25) is 9.59 Å². The number of fused-ring (bicyclic) bond motifs is 2. The summed E-state index contributed by atoms with van der Waals surface area (Å²) in [5.74, 6) is -0.800. The highest BCUT2D eigenvalue weighted by Crippen LogP contribution is 2.37. The van der Waals surface area contributed by atoms with Crippen molar-refractivity contribution in [3.8, 4) is 0 Å². The summed E-state index contributed by atoms with van der Waals surface area (Å²) >= 11 is 6.18. The van der Waals surface area contributed by atoms with Crippen LogP contribution < -0.4 is 5.43 Å². The zero-order valence-corrected chi connectivity index (χ0v) is 16.2. The lowest BCUT2D eigenvalue weighted by molar-refractivity contribution is 0.0600. The smallest absolute Gasteiger partial charge is 0.337 e. The first kappa shape index (κ1) is 18.3. The maximum absolute atomic E-state index is 13.2. The Bertz CT molecular complexity index is 1200. The molecule has 28 heavy (non-hydrogen) atoms. The first-order valence-electron chi connectivity index (χ1n) is 8.55. The second kappa shape index (κ2) is 6.49. The zero-order chi connectivity index (χ0) is 20.2. The number of nitrogens with zero attached hydrogens (tertiary/aromatic N) is 1. The first-order valence-corrected chi connectivity index (χ1v) is 8.93. The number of ether oxygens (including phenoxy) is 1. The van der Waals surface area contributed by atoms with Crippen LogP contribution in [0.4, 0.5) is 0 Å². The van der Waals surface area contributed by atoms with E-state index in [1.54, 1.807) is 50.4 Å². The number of rotatable bonds is 2. The lowest BCUT2D eigenvalue weighted by atomic mass is 9.97. The van der Waals surface area contributed by atoms with E-state index in [-0.39, 0.29) is 22.7 Å². The molecule has 0 N–H and O–H groups in total. The monoisotopic (exact) mass is 397 g/mol. The largest absolute Gasteiger partial charge is 0.465 e. The maximum atomic E-state index is 13.2. The summed E-state index contributed by atoms with van der Waals surface area (Å²) in [5.41, 5.74) is 2.13. The molecule has 0 saturated carbocycles. The number of hydrogen-bond acceptors (Lipinski definition) is 5. The van der Waals surface area contributed by atoms with Crippen LogP contribution in [0.1, 0.15) is 43.6 Å². The lowest BCUT2D eigenvalue weighted by Crippen LogP contribution is -2.25. The average molecular weight is 398 g/mol. The molecule has 0 fully saturated rings. The molecule has 0 saturated heterocycles. The summed E-state index contributed by atoms with van der Waals surface area (Å²) in [6.45, 7) is 1.80. The Labute approximate surface area is 165 Å². The molecule has 6 nitrogen and oxygen atoms in total. The van der Waals surface area contributed by atoms with E-state index < -0.39 is 12.0 Å². The number of esters is 1. The van der Waals surface area contributed by atoms with Crippen LogP contribution in [0.3, 0.4) is 0 Å². The van der Waals surface area contributed by atoms with E-state index in [2.05, 4.69) is 0 Å². The van der Waals surface area contributed by atoms with Crippen LogP contribution in [0, 0.1) is 6.92 Å². The molecule has 0 bridgehead atoms. The molecule has 0 aliphatic carbocycles. The van der Waals surface area contributed by atoms with Crippen molar-refractivity contribution < 1.29 is 18.7 Å². The van der Waals surface area contributed by atoms with Crippen molar-refractivity contribution in [1.29, 1.82) is 0 Å². The summed E-state index contributed by atoms with van der Waals surface area (Å²) in [6.07, 6.45) is 0. The van der Waals surface area contributed by atoms with Crippen LogP contribution in [-0.4, -0.2) is 30.9 Å². The fourth-order valence-corrected chi connectivity index (χ4v) is 3.68. The second-order valence-corrected chi connectivity index (χ2v) is 7.11. The minimum Gasteiger partial charge on any atom is -0.465 e. The lowest BCUT2D eigenvalue weighted by Gasteiger charge is -2.20. The quantitative estimate of drug-likeness (QED) is 0.616. The van der Waals surface area contributed by atoms with Gasteiger partial charge in [-0.2, -0.15) is 0 Å². The van der Waals surface area contributed by atoms with Gasteiger partial charge in [-0.25, -0.2) is 4.79 Å². The van der Waals surface area contributed by atoms with Crippen LogP contribution >= 0.6 is 11.6 Å². The third kappa shape index (κ3) is 2.60. The summed E-state index contributed by atoms with van der Waals surface area (Å²) in [6, 6.07) is 9.20. The maximum Gasteiger partial charge on any atom is 0.337 e. The highest BCUT2D eigenvalue weighted by molar-refractivity contribution is 6.32. The molecule has 7 heteroatoms. The molecule has 1 unspecified atom stereocenters. The normalized spacial score (nSPS) is 15.8. The van der Waals surface area contributed by atoms with Gasteiger partial charge in [0.25, 0.3) is 5.91 Å². The molecule has 0 radical (unpaired) electrons. The van der Waals surface area contributed by atoms with E-state index >= 15 is 0 Å². The number of amides is 1. The van der Waals surface area contributed by atoms with Crippen molar-refractivity contribution in [2.45, 2.75) is 13.0 Å². The molecule has 3 aromatic rings. The van der Waals surface area contributed by atoms with Crippen molar-refractivity contribution in [3.05, 3.63) is 79.7 Å². The summed E-state index contributed by atoms with van der Waals surface area (Å²) < 4.78 is 10.5. The fraction of sp³-hybridized carbons (Fsp3) is 0.190. The van der Waals surface area contributed by atoms with Gasteiger partial charge in [-0.15, -0.1) is 0 Å². The highest BCUT2D eigenvalue weighted by atomic mass is 35.5. The molecule has 1 aliphatic heterocycles. The number of aryl methyl sites for hydroxylation is 1. The summed E-state index contributed by atoms with van der Waals surface area (Å²) in [7, 11) is 2.91. The molecular formula is C21H16ClNO5. The van der Waals surface area contributed by atoms with E-state index in [0.29, 0.717) is 27.1 Å². The van der Waals surface area contributed by atoms with E-state index in [4.69, 9.17) is 20.8 Å². The molecule has 1 atom stereocenters. The molecule has 2 heterocycles. The summed E-state index contributed by atoms with van der Waals surface area (Å²) in [5, 5.41) is 0.782. The molecule has 4 rings (SSSR count). The number of benzene rings is 2.